The van der Waals surface area contributed by atoms with E-state index in [9.17, 15) is 18.0 Å². The van der Waals surface area contributed by atoms with Gasteiger partial charge in [0.05, 0.1) is 58.1 Å². The zero-order valence-electron chi connectivity index (χ0n) is 24.0. The molecular weight excluding hydrogens is 581 g/mol. The van der Waals surface area contributed by atoms with Gasteiger partial charge in [-0.25, -0.2) is 9.97 Å². The predicted octanol–water partition coefficient (Wildman–Crippen LogP) is 4.36. The van der Waals surface area contributed by atoms with E-state index >= 15 is 0 Å². The van der Waals surface area contributed by atoms with Crippen LogP contribution in [0, 0.1) is 17.8 Å². The number of benzene rings is 1. The Morgan fingerprint density at radius 2 is 1.70 bits per heavy atom. The number of ether oxygens (including phenoxy) is 4. The van der Waals surface area contributed by atoms with Crippen molar-refractivity contribution >= 4 is 17.4 Å². The molecule has 0 saturated heterocycles. The summed E-state index contributed by atoms with van der Waals surface area (Å²) in [6, 6.07) is 7.07. The van der Waals surface area contributed by atoms with E-state index < -0.39 is 6.36 Å². The van der Waals surface area contributed by atoms with Gasteiger partial charge in [-0.3, -0.25) is 9.48 Å². The molecule has 3 aromatic rings. The predicted molar refractivity (Wildman–Crippen MR) is 154 cm³/mol. The highest BCUT2D eigenvalue weighted by Crippen LogP contribution is 2.43. The molecule has 2 heterocycles. The van der Waals surface area contributed by atoms with Crippen molar-refractivity contribution < 1.29 is 36.9 Å². The number of rotatable bonds is 17. The van der Waals surface area contributed by atoms with E-state index in [4.69, 9.17) is 14.2 Å². The average Bonchev–Trinajstić information content (AvgIpc) is 3.76. The molecule has 0 spiro atoms. The summed E-state index contributed by atoms with van der Waals surface area (Å²) in [6.07, 6.45) is 6.65. The number of allylic oxidation sites excluding steroid dienone is 2. The van der Waals surface area contributed by atoms with E-state index in [2.05, 4.69) is 42.6 Å². The number of alkyl halides is 3. The van der Waals surface area contributed by atoms with Crippen molar-refractivity contribution in [2.45, 2.75) is 25.7 Å². The first-order chi connectivity index (χ1) is 21.3. The fraction of sp³-hybridized carbons (Fsp3) is 0.467. The molecule has 2 aromatic heterocycles. The highest BCUT2D eigenvalue weighted by atomic mass is 19.4. The number of nitrogens with zero attached hydrogens (tertiary/aromatic N) is 4. The SMILES string of the molecule is O=C(NCCOCCOCCOCCn1cc(-c2cc(Nc3ccc(OC(F)(F)F)cc3)ncn2)cn1)[C@@H]1C[C@@H]2C=C[C@H]1C2. The first-order valence-electron chi connectivity index (χ1n) is 14.5. The lowest BCUT2D eigenvalue weighted by Crippen LogP contribution is -2.35. The highest BCUT2D eigenvalue weighted by Gasteiger charge is 2.39. The van der Waals surface area contributed by atoms with Gasteiger partial charge in [0.1, 0.15) is 17.9 Å². The average molecular weight is 617 g/mol. The van der Waals surface area contributed by atoms with Gasteiger partial charge < -0.3 is 29.6 Å². The molecule has 0 unspecified atom stereocenters. The first kappa shape index (κ1) is 31.4. The van der Waals surface area contributed by atoms with Crippen LogP contribution in [-0.4, -0.2) is 78.2 Å². The van der Waals surface area contributed by atoms with E-state index in [1.54, 1.807) is 16.9 Å². The second-order valence-electron chi connectivity index (χ2n) is 10.5. The second-order valence-corrected chi connectivity index (χ2v) is 10.5. The van der Waals surface area contributed by atoms with E-state index in [1.807, 2.05) is 6.20 Å². The van der Waals surface area contributed by atoms with Crippen LogP contribution in [0.15, 0.2) is 61.2 Å². The molecule has 3 atom stereocenters. The molecule has 0 radical (unpaired) electrons. The smallest absolute Gasteiger partial charge is 0.406 e. The van der Waals surface area contributed by atoms with Crippen molar-refractivity contribution in [3.8, 4) is 17.0 Å². The molecule has 1 fully saturated rings. The molecule has 2 bridgehead atoms. The molecule has 2 aliphatic rings. The Bertz CT molecular complexity index is 1380. The molecule has 1 amide bonds. The van der Waals surface area contributed by atoms with Crippen LogP contribution in [0.5, 0.6) is 5.75 Å². The molecular formula is C30H35F3N6O5. The van der Waals surface area contributed by atoms with E-state index in [1.165, 1.54) is 30.6 Å². The summed E-state index contributed by atoms with van der Waals surface area (Å²) in [6.45, 7) is 3.73. The number of halogens is 3. The third-order valence-corrected chi connectivity index (χ3v) is 7.33. The maximum Gasteiger partial charge on any atom is 0.573 e. The Morgan fingerprint density at radius 3 is 2.41 bits per heavy atom. The van der Waals surface area contributed by atoms with Crippen LogP contribution >= 0.6 is 0 Å². The van der Waals surface area contributed by atoms with Crippen LogP contribution in [0.4, 0.5) is 24.7 Å². The van der Waals surface area contributed by atoms with Crippen molar-refractivity contribution in [3.63, 3.8) is 0 Å². The van der Waals surface area contributed by atoms with Crippen LogP contribution in [-0.2, 0) is 25.5 Å². The Labute approximate surface area is 252 Å². The zero-order chi connectivity index (χ0) is 30.8. The molecule has 1 saturated carbocycles. The first-order valence-corrected chi connectivity index (χ1v) is 14.5. The normalized spacial score (nSPS) is 18.9. The number of carbonyl (C=O) groups excluding carboxylic acids is 1. The molecule has 236 valence electrons. The van der Waals surface area contributed by atoms with Crippen molar-refractivity contribution in [3.05, 3.63) is 61.2 Å². The van der Waals surface area contributed by atoms with Gasteiger partial charge in [0.25, 0.3) is 0 Å². The van der Waals surface area contributed by atoms with Crippen LogP contribution in [0.2, 0.25) is 0 Å². The summed E-state index contributed by atoms with van der Waals surface area (Å²) in [4.78, 5) is 20.7. The summed E-state index contributed by atoms with van der Waals surface area (Å²) < 4.78 is 59.4. The maximum absolute atomic E-state index is 12.4. The molecule has 5 rings (SSSR count). The molecule has 44 heavy (non-hydrogen) atoms. The highest BCUT2D eigenvalue weighted by molar-refractivity contribution is 5.80. The summed E-state index contributed by atoms with van der Waals surface area (Å²) in [5.41, 5.74) is 1.94. The number of hydrogen-bond donors (Lipinski definition) is 2. The van der Waals surface area contributed by atoms with E-state index in [0.717, 1.165) is 18.4 Å². The fourth-order valence-corrected chi connectivity index (χ4v) is 5.25. The van der Waals surface area contributed by atoms with E-state index in [0.29, 0.717) is 81.8 Å². The van der Waals surface area contributed by atoms with Gasteiger partial charge in [0.2, 0.25) is 5.91 Å². The Kier molecular flexibility index (Phi) is 10.8. The Morgan fingerprint density at radius 1 is 0.955 bits per heavy atom. The van der Waals surface area contributed by atoms with Gasteiger partial charge >= 0.3 is 6.36 Å². The topological polar surface area (TPSA) is 122 Å². The van der Waals surface area contributed by atoms with Crippen LogP contribution in [0.1, 0.15) is 12.8 Å². The van der Waals surface area contributed by atoms with Crippen molar-refractivity contribution in [2.24, 2.45) is 17.8 Å². The van der Waals surface area contributed by atoms with Gasteiger partial charge in [-0.15, -0.1) is 13.2 Å². The van der Waals surface area contributed by atoms with Crippen molar-refractivity contribution in [1.29, 1.82) is 0 Å². The van der Waals surface area contributed by atoms with Gasteiger partial charge in [0.15, 0.2) is 0 Å². The molecule has 11 nitrogen and oxygen atoms in total. The maximum atomic E-state index is 12.4. The molecule has 1 aromatic carbocycles. The summed E-state index contributed by atoms with van der Waals surface area (Å²) in [7, 11) is 0. The summed E-state index contributed by atoms with van der Waals surface area (Å²) >= 11 is 0. The quantitative estimate of drug-likeness (QED) is 0.168. The van der Waals surface area contributed by atoms with E-state index in [-0.39, 0.29) is 17.6 Å². The van der Waals surface area contributed by atoms with Crippen LogP contribution in [0.3, 0.4) is 0 Å². The lowest BCUT2D eigenvalue weighted by molar-refractivity contribution is -0.274. The number of fused-ring (bicyclic) bond motifs is 2. The third-order valence-electron chi connectivity index (χ3n) is 7.33. The number of amides is 1. The fourth-order valence-electron chi connectivity index (χ4n) is 5.25. The number of hydrogen-bond acceptors (Lipinski definition) is 9. The van der Waals surface area contributed by atoms with Gasteiger partial charge in [-0.2, -0.15) is 5.10 Å². The third kappa shape index (κ3) is 9.49. The lowest BCUT2D eigenvalue weighted by atomic mass is 9.93. The molecule has 2 aliphatic carbocycles. The standard InChI is InChI=1S/C30H35F3N6O5/c31-30(32,33)44-25-5-3-24(4-6-25)38-28-17-27(35-20-36-28)23-18-37-39(19-23)8-10-42-12-14-43-13-11-41-9-7-34-29(40)26-16-21-1-2-22(26)15-21/h1-6,17-22,26H,7-16H2,(H,34,40)(H,35,36,38)/t21-,22+,26-/m1/s1. The largest absolute Gasteiger partial charge is 0.573 e. The lowest BCUT2D eigenvalue weighted by Gasteiger charge is -2.17. The second kappa shape index (κ2) is 15.1. The minimum Gasteiger partial charge on any atom is -0.406 e. The van der Waals surface area contributed by atoms with Gasteiger partial charge in [0, 0.05) is 36.0 Å². The van der Waals surface area contributed by atoms with Crippen LogP contribution < -0.4 is 15.4 Å². The van der Waals surface area contributed by atoms with Crippen molar-refractivity contribution in [2.75, 3.05) is 51.5 Å². The Balaban J connectivity index is 0.907. The summed E-state index contributed by atoms with van der Waals surface area (Å²) in [5.74, 6) is 1.40. The minimum absolute atomic E-state index is 0.118. The number of nitrogens with one attached hydrogen (secondary N) is 2. The van der Waals surface area contributed by atoms with Gasteiger partial charge in [-0.05, 0) is 48.9 Å². The molecule has 0 aliphatic heterocycles. The number of carbonyl (C=O) groups is 1. The zero-order valence-corrected chi connectivity index (χ0v) is 24.0. The van der Waals surface area contributed by atoms with Crippen molar-refractivity contribution in [1.82, 2.24) is 25.1 Å². The Hall–Kier alpha value is -4.01. The number of anilines is 2. The van der Waals surface area contributed by atoms with Gasteiger partial charge in [-0.1, -0.05) is 12.2 Å². The monoisotopic (exact) mass is 616 g/mol. The molecule has 14 heteroatoms. The number of aromatic nitrogens is 4. The minimum atomic E-state index is -4.74. The molecule has 2 N–H and O–H groups in total. The summed E-state index contributed by atoms with van der Waals surface area (Å²) in [5, 5.41) is 10.3. The van der Waals surface area contributed by atoms with Crippen LogP contribution in [0.25, 0.3) is 11.3 Å².